The van der Waals surface area contributed by atoms with E-state index in [0.717, 1.165) is 48.1 Å². The molecule has 8 nitrogen and oxygen atoms in total. The topological polar surface area (TPSA) is 94.7 Å². The second-order valence-corrected chi connectivity index (χ2v) is 11.2. The average molecular weight is 497 g/mol. The van der Waals surface area contributed by atoms with Crippen molar-refractivity contribution in [3.05, 3.63) is 60.3 Å². The van der Waals surface area contributed by atoms with E-state index < -0.39 is 10.0 Å². The van der Waals surface area contributed by atoms with E-state index in [1.807, 2.05) is 42.6 Å². The van der Waals surface area contributed by atoms with Gasteiger partial charge in [0.25, 0.3) is 0 Å². The zero-order valence-electron chi connectivity index (χ0n) is 19.8. The number of fused-ring (bicyclic) bond motifs is 1. The van der Waals surface area contributed by atoms with Crippen LogP contribution in [0.2, 0.25) is 0 Å². The quantitative estimate of drug-likeness (QED) is 0.525. The molecule has 2 saturated heterocycles. The highest BCUT2D eigenvalue weighted by atomic mass is 32.2. The van der Waals surface area contributed by atoms with E-state index in [-0.39, 0.29) is 5.91 Å². The minimum Gasteiger partial charge on any atom is -0.379 e. The number of nitrogens with one attached hydrogen (secondary N) is 2. The van der Waals surface area contributed by atoms with Gasteiger partial charge in [-0.1, -0.05) is 18.2 Å². The maximum atomic E-state index is 12.8. The third-order valence-corrected chi connectivity index (χ3v) is 8.95. The summed E-state index contributed by atoms with van der Waals surface area (Å²) < 4.78 is 32.4. The molecule has 2 N–H and O–H groups in total. The summed E-state index contributed by atoms with van der Waals surface area (Å²) in [7, 11) is -3.47. The van der Waals surface area contributed by atoms with Crippen LogP contribution in [0.3, 0.4) is 0 Å². The van der Waals surface area contributed by atoms with Gasteiger partial charge in [0.05, 0.1) is 24.5 Å². The number of aromatic nitrogens is 1. The number of piperidine rings is 1. The molecule has 2 aromatic carbocycles. The highest BCUT2D eigenvalue weighted by Crippen LogP contribution is 2.26. The summed E-state index contributed by atoms with van der Waals surface area (Å²) in [5.74, 6) is 0.494. The van der Waals surface area contributed by atoms with E-state index in [2.05, 4.69) is 15.2 Å². The highest BCUT2D eigenvalue weighted by molar-refractivity contribution is 7.89. The van der Waals surface area contributed by atoms with E-state index in [1.165, 1.54) is 4.31 Å². The zero-order chi connectivity index (χ0) is 24.3. The van der Waals surface area contributed by atoms with Crippen LogP contribution in [0.25, 0.3) is 10.9 Å². The van der Waals surface area contributed by atoms with Gasteiger partial charge in [0.2, 0.25) is 15.9 Å². The monoisotopic (exact) mass is 496 g/mol. The fourth-order valence-electron chi connectivity index (χ4n) is 4.93. The summed E-state index contributed by atoms with van der Waals surface area (Å²) in [6, 6.07) is 15.2. The standard InChI is InChI=1S/C26H32N4O4S/c31-26(17-21-19-27-25-4-2-1-3-24(21)25)28-18-20-9-11-29(12-10-20)22-5-7-23(8-6-22)35(32,33)30-13-15-34-16-14-30/h1-8,19-20,27H,9-18H2,(H,28,31). The number of anilines is 1. The van der Waals surface area contributed by atoms with Gasteiger partial charge >= 0.3 is 0 Å². The predicted octanol–water partition coefficient (Wildman–Crippen LogP) is 2.76. The van der Waals surface area contributed by atoms with Gasteiger partial charge in [-0.15, -0.1) is 0 Å². The molecule has 0 saturated carbocycles. The van der Waals surface area contributed by atoms with Crippen LogP contribution in [0.5, 0.6) is 0 Å². The first-order valence-corrected chi connectivity index (χ1v) is 13.7. The number of sulfonamides is 1. The molecule has 2 aliphatic rings. The molecular formula is C26H32N4O4S. The van der Waals surface area contributed by atoms with Gasteiger partial charge in [-0.2, -0.15) is 4.31 Å². The Morgan fingerprint density at radius 2 is 1.71 bits per heavy atom. The lowest BCUT2D eigenvalue weighted by Crippen LogP contribution is -2.40. The fourth-order valence-corrected chi connectivity index (χ4v) is 6.34. The van der Waals surface area contributed by atoms with Crippen LogP contribution in [0.1, 0.15) is 18.4 Å². The van der Waals surface area contributed by atoms with Crippen LogP contribution in [0, 0.1) is 5.92 Å². The maximum Gasteiger partial charge on any atom is 0.243 e. The first-order valence-electron chi connectivity index (χ1n) is 12.3. The van der Waals surface area contributed by atoms with Crippen LogP contribution in [-0.4, -0.2) is 69.6 Å². The third-order valence-electron chi connectivity index (χ3n) is 7.04. The van der Waals surface area contributed by atoms with Crippen molar-refractivity contribution in [3.8, 4) is 0 Å². The number of para-hydroxylation sites is 1. The first kappa shape index (κ1) is 23.8. The molecule has 0 aliphatic carbocycles. The zero-order valence-corrected chi connectivity index (χ0v) is 20.6. The molecular weight excluding hydrogens is 464 g/mol. The number of nitrogens with zero attached hydrogens (tertiary/aromatic N) is 2. The van der Waals surface area contributed by atoms with Crippen molar-refractivity contribution >= 4 is 32.5 Å². The van der Waals surface area contributed by atoms with Gasteiger partial charge < -0.3 is 19.9 Å². The molecule has 0 spiro atoms. The number of carbonyl (C=O) groups is 1. The van der Waals surface area contributed by atoms with Crippen molar-refractivity contribution < 1.29 is 17.9 Å². The molecule has 0 unspecified atom stereocenters. The van der Waals surface area contributed by atoms with Gasteiger partial charge in [-0.25, -0.2) is 8.42 Å². The Morgan fingerprint density at radius 1 is 1.00 bits per heavy atom. The summed E-state index contributed by atoms with van der Waals surface area (Å²) in [5, 5.41) is 4.21. The number of rotatable bonds is 7. The molecule has 0 atom stereocenters. The lowest BCUT2D eigenvalue weighted by Gasteiger charge is -2.34. The Labute approximate surface area is 206 Å². The number of aromatic amines is 1. The normalized spacial score (nSPS) is 18.1. The van der Waals surface area contributed by atoms with E-state index in [0.29, 0.717) is 50.1 Å². The number of morpholine rings is 1. The maximum absolute atomic E-state index is 12.8. The van der Waals surface area contributed by atoms with E-state index in [1.54, 1.807) is 12.1 Å². The first-order chi connectivity index (χ1) is 17.0. The minimum atomic E-state index is -3.47. The number of H-pyrrole nitrogens is 1. The number of hydrogen-bond donors (Lipinski definition) is 2. The van der Waals surface area contributed by atoms with Crippen LogP contribution in [-0.2, 0) is 26.0 Å². The summed E-state index contributed by atoms with van der Waals surface area (Å²) >= 11 is 0. The largest absolute Gasteiger partial charge is 0.379 e. The minimum absolute atomic E-state index is 0.0502. The van der Waals surface area contributed by atoms with Crippen LogP contribution in [0.4, 0.5) is 5.69 Å². The molecule has 1 amide bonds. The van der Waals surface area contributed by atoms with Crippen molar-refractivity contribution in [1.29, 1.82) is 0 Å². The van der Waals surface area contributed by atoms with Crippen LogP contribution < -0.4 is 10.2 Å². The van der Waals surface area contributed by atoms with Gasteiger partial charge in [0.1, 0.15) is 0 Å². The molecule has 3 heterocycles. The molecule has 9 heteroatoms. The van der Waals surface area contributed by atoms with Crippen molar-refractivity contribution in [2.24, 2.45) is 5.92 Å². The Bertz CT molecular complexity index is 1260. The highest BCUT2D eigenvalue weighted by Gasteiger charge is 2.27. The molecule has 0 radical (unpaired) electrons. The Hall–Kier alpha value is -2.88. The summed E-state index contributed by atoms with van der Waals surface area (Å²) in [6.45, 7) is 4.14. The number of carbonyl (C=O) groups excluding carboxylic acids is 1. The molecule has 35 heavy (non-hydrogen) atoms. The smallest absolute Gasteiger partial charge is 0.243 e. The number of benzene rings is 2. The van der Waals surface area contributed by atoms with Crippen LogP contribution in [0.15, 0.2) is 59.6 Å². The number of amides is 1. The van der Waals surface area contributed by atoms with E-state index in [4.69, 9.17) is 4.74 Å². The fraction of sp³-hybridized carbons (Fsp3) is 0.423. The second-order valence-electron chi connectivity index (χ2n) is 9.28. The Morgan fingerprint density at radius 3 is 2.46 bits per heavy atom. The molecule has 186 valence electrons. The van der Waals surface area contributed by atoms with E-state index in [9.17, 15) is 13.2 Å². The van der Waals surface area contributed by atoms with Crippen LogP contribution >= 0.6 is 0 Å². The lowest BCUT2D eigenvalue weighted by molar-refractivity contribution is -0.120. The predicted molar refractivity (Wildman–Crippen MR) is 136 cm³/mol. The summed E-state index contributed by atoms with van der Waals surface area (Å²) in [4.78, 5) is 18.4. The third kappa shape index (κ3) is 5.37. The molecule has 1 aromatic heterocycles. The lowest BCUT2D eigenvalue weighted by atomic mass is 9.96. The second kappa shape index (κ2) is 10.4. The summed E-state index contributed by atoms with van der Waals surface area (Å²) in [5.41, 5.74) is 3.11. The molecule has 0 bridgehead atoms. The van der Waals surface area contributed by atoms with Crippen molar-refractivity contribution in [2.45, 2.75) is 24.2 Å². The van der Waals surface area contributed by atoms with Gasteiger partial charge in [-0.05, 0) is 54.7 Å². The van der Waals surface area contributed by atoms with Gasteiger partial charge in [0.15, 0.2) is 0 Å². The number of hydrogen-bond acceptors (Lipinski definition) is 5. The molecule has 2 aliphatic heterocycles. The van der Waals surface area contributed by atoms with Crippen molar-refractivity contribution in [3.63, 3.8) is 0 Å². The van der Waals surface area contributed by atoms with Gasteiger partial charge in [-0.3, -0.25) is 4.79 Å². The Balaban J connectivity index is 1.10. The van der Waals surface area contributed by atoms with Crippen molar-refractivity contribution in [1.82, 2.24) is 14.6 Å². The van der Waals surface area contributed by atoms with E-state index >= 15 is 0 Å². The summed E-state index contributed by atoms with van der Waals surface area (Å²) in [6.07, 6.45) is 4.27. The Kier molecular flexibility index (Phi) is 7.08. The van der Waals surface area contributed by atoms with Crippen molar-refractivity contribution in [2.75, 3.05) is 50.8 Å². The van der Waals surface area contributed by atoms with Gasteiger partial charge in [0, 0.05) is 55.5 Å². The SMILES string of the molecule is O=C(Cc1c[nH]c2ccccc12)NCC1CCN(c2ccc(S(=O)(=O)N3CCOCC3)cc2)CC1. The molecule has 3 aromatic rings. The average Bonchev–Trinajstić information content (AvgIpc) is 3.31. The molecule has 2 fully saturated rings. The molecule has 5 rings (SSSR count). The number of ether oxygens (including phenoxy) is 1.